The highest BCUT2D eigenvalue weighted by atomic mass is 35.5. The zero-order valence-electron chi connectivity index (χ0n) is 11.6. The van der Waals surface area contributed by atoms with E-state index in [4.69, 9.17) is 11.6 Å². The van der Waals surface area contributed by atoms with E-state index in [9.17, 15) is 17.6 Å². The standard InChI is InChI=1S/C14H18ClF4N/c1-4-5-20-12(14(18,19)13(16)17)10-6-8(2)9(3)7-11(10)15/h6-7,12-13,20H,4-5H2,1-3H3. The molecule has 6 heteroatoms. The molecule has 1 atom stereocenters. The summed E-state index contributed by atoms with van der Waals surface area (Å²) in [5, 5.41) is 2.55. The van der Waals surface area contributed by atoms with Crippen molar-refractivity contribution < 1.29 is 17.6 Å². The van der Waals surface area contributed by atoms with Crippen LogP contribution in [0.25, 0.3) is 0 Å². The summed E-state index contributed by atoms with van der Waals surface area (Å²) in [5.41, 5.74) is 1.57. The number of hydrogen-bond acceptors (Lipinski definition) is 1. The number of hydrogen-bond donors (Lipinski definition) is 1. The maximum Gasteiger partial charge on any atom is 0.326 e. The Morgan fingerprint density at radius 3 is 2.25 bits per heavy atom. The topological polar surface area (TPSA) is 12.0 Å². The number of alkyl halides is 4. The molecule has 0 saturated heterocycles. The van der Waals surface area contributed by atoms with Crippen LogP contribution < -0.4 is 5.32 Å². The molecule has 0 amide bonds. The van der Waals surface area contributed by atoms with E-state index in [2.05, 4.69) is 5.32 Å². The first-order valence-electron chi connectivity index (χ1n) is 6.37. The van der Waals surface area contributed by atoms with Crippen LogP contribution in [0.1, 0.15) is 36.1 Å². The lowest BCUT2D eigenvalue weighted by molar-refractivity contribution is -0.151. The van der Waals surface area contributed by atoms with Crippen LogP contribution in [0.3, 0.4) is 0 Å². The number of nitrogens with one attached hydrogen (secondary N) is 1. The summed E-state index contributed by atoms with van der Waals surface area (Å²) >= 11 is 5.97. The summed E-state index contributed by atoms with van der Waals surface area (Å²) in [5.74, 6) is -4.18. The van der Waals surface area contributed by atoms with Gasteiger partial charge in [0.1, 0.15) is 6.04 Å². The third-order valence-corrected chi connectivity index (χ3v) is 3.53. The first kappa shape index (κ1) is 17.2. The third kappa shape index (κ3) is 3.64. The van der Waals surface area contributed by atoms with E-state index in [0.717, 1.165) is 11.1 Å². The van der Waals surface area contributed by atoms with E-state index in [-0.39, 0.29) is 17.1 Å². The Hall–Kier alpha value is -0.810. The smallest absolute Gasteiger partial charge is 0.305 e. The molecule has 1 nitrogen and oxygen atoms in total. The molecule has 1 aromatic carbocycles. The molecule has 1 unspecified atom stereocenters. The van der Waals surface area contributed by atoms with Crippen LogP contribution in [0.15, 0.2) is 12.1 Å². The molecule has 114 valence electrons. The molecular formula is C14H18ClF4N. The third-order valence-electron chi connectivity index (χ3n) is 3.20. The monoisotopic (exact) mass is 311 g/mol. The molecule has 1 aromatic rings. The van der Waals surface area contributed by atoms with Crippen LogP contribution in [0.2, 0.25) is 5.02 Å². The first-order valence-corrected chi connectivity index (χ1v) is 6.75. The van der Waals surface area contributed by atoms with Crippen molar-refractivity contribution in [2.45, 2.75) is 45.6 Å². The van der Waals surface area contributed by atoms with Gasteiger partial charge < -0.3 is 5.32 Å². The number of halogens is 5. The maximum absolute atomic E-state index is 13.8. The van der Waals surface area contributed by atoms with E-state index < -0.39 is 18.4 Å². The average Bonchev–Trinajstić information content (AvgIpc) is 2.35. The van der Waals surface area contributed by atoms with Gasteiger partial charge in [0.15, 0.2) is 0 Å². The van der Waals surface area contributed by atoms with Gasteiger partial charge in [0.25, 0.3) is 0 Å². The fraction of sp³-hybridized carbons (Fsp3) is 0.571. The van der Waals surface area contributed by atoms with Crippen LogP contribution in [-0.4, -0.2) is 18.9 Å². The van der Waals surface area contributed by atoms with Gasteiger partial charge in [0, 0.05) is 5.02 Å². The van der Waals surface area contributed by atoms with Gasteiger partial charge in [-0.25, -0.2) is 8.78 Å². The van der Waals surface area contributed by atoms with E-state index in [1.807, 2.05) is 0 Å². The number of benzene rings is 1. The minimum atomic E-state index is -4.18. The normalized spacial score (nSPS) is 13.8. The molecular weight excluding hydrogens is 294 g/mol. The van der Waals surface area contributed by atoms with Crippen molar-refractivity contribution in [2.75, 3.05) is 6.54 Å². The molecule has 0 aliphatic carbocycles. The zero-order valence-corrected chi connectivity index (χ0v) is 12.4. The van der Waals surface area contributed by atoms with Crippen molar-refractivity contribution in [3.63, 3.8) is 0 Å². The Kier molecular flexibility index (Phi) is 5.83. The maximum atomic E-state index is 13.8. The van der Waals surface area contributed by atoms with Gasteiger partial charge in [-0.3, -0.25) is 0 Å². The summed E-state index contributed by atoms with van der Waals surface area (Å²) in [6.45, 7) is 5.49. The molecule has 0 saturated carbocycles. The Balaban J connectivity index is 3.27. The second-order valence-electron chi connectivity index (χ2n) is 4.82. The molecule has 1 rings (SSSR count). The molecule has 0 fully saturated rings. The van der Waals surface area contributed by atoms with Gasteiger partial charge >= 0.3 is 12.3 Å². The number of aryl methyl sites for hydroxylation is 2. The molecule has 1 N–H and O–H groups in total. The Bertz CT molecular complexity index is 463. The van der Waals surface area contributed by atoms with Crippen molar-refractivity contribution >= 4 is 11.6 Å². The number of rotatable bonds is 6. The van der Waals surface area contributed by atoms with E-state index in [1.165, 1.54) is 12.1 Å². The van der Waals surface area contributed by atoms with Crippen LogP contribution in [0.5, 0.6) is 0 Å². The van der Waals surface area contributed by atoms with Gasteiger partial charge in [-0.1, -0.05) is 24.6 Å². The summed E-state index contributed by atoms with van der Waals surface area (Å²) < 4.78 is 52.8. The Labute approximate surface area is 121 Å². The van der Waals surface area contributed by atoms with Crippen LogP contribution in [0.4, 0.5) is 17.6 Å². The highest BCUT2D eigenvalue weighted by molar-refractivity contribution is 6.31. The SMILES string of the molecule is CCCNC(c1cc(C)c(C)cc1Cl)C(F)(F)C(F)F. The Morgan fingerprint density at radius 1 is 1.20 bits per heavy atom. The molecule has 0 spiro atoms. The van der Waals surface area contributed by atoms with Gasteiger partial charge in [0.2, 0.25) is 0 Å². The molecule has 20 heavy (non-hydrogen) atoms. The van der Waals surface area contributed by atoms with Crippen LogP contribution in [-0.2, 0) is 0 Å². The molecule has 0 heterocycles. The predicted molar refractivity (Wildman–Crippen MR) is 72.9 cm³/mol. The van der Waals surface area contributed by atoms with E-state index >= 15 is 0 Å². The Morgan fingerprint density at radius 2 is 1.75 bits per heavy atom. The summed E-state index contributed by atoms with van der Waals surface area (Å²) in [6, 6.07) is 1.17. The van der Waals surface area contributed by atoms with Crippen LogP contribution in [0, 0.1) is 13.8 Å². The first-order chi connectivity index (χ1) is 9.21. The highest BCUT2D eigenvalue weighted by Gasteiger charge is 2.49. The lowest BCUT2D eigenvalue weighted by atomic mass is 9.96. The zero-order chi connectivity index (χ0) is 15.5. The molecule has 0 radical (unpaired) electrons. The van der Waals surface area contributed by atoms with Crippen molar-refractivity contribution in [2.24, 2.45) is 0 Å². The molecule has 0 bridgehead atoms. The molecule has 0 aliphatic heterocycles. The lowest BCUT2D eigenvalue weighted by Crippen LogP contribution is -2.43. The summed E-state index contributed by atoms with van der Waals surface area (Å²) in [4.78, 5) is 0. The van der Waals surface area contributed by atoms with E-state index in [0.29, 0.717) is 6.42 Å². The predicted octanol–water partition coefficient (Wildman–Crippen LogP) is 4.90. The van der Waals surface area contributed by atoms with Crippen LogP contribution >= 0.6 is 11.6 Å². The lowest BCUT2D eigenvalue weighted by Gasteiger charge is -2.28. The van der Waals surface area contributed by atoms with E-state index in [1.54, 1.807) is 20.8 Å². The second kappa shape index (κ2) is 6.76. The van der Waals surface area contributed by atoms with Gasteiger partial charge in [-0.15, -0.1) is 0 Å². The van der Waals surface area contributed by atoms with Gasteiger partial charge in [0.05, 0.1) is 0 Å². The fourth-order valence-electron chi connectivity index (χ4n) is 1.89. The minimum absolute atomic E-state index is 0.00789. The van der Waals surface area contributed by atoms with Gasteiger partial charge in [-0.05, 0) is 49.6 Å². The summed E-state index contributed by atoms with van der Waals surface area (Å²) in [7, 11) is 0. The van der Waals surface area contributed by atoms with Crippen molar-refractivity contribution in [3.8, 4) is 0 Å². The van der Waals surface area contributed by atoms with Crippen molar-refractivity contribution in [3.05, 3.63) is 33.8 Å². The quantitative estimate of drug-likeness (QED) is 0.737. The van der Waals surface area contributed by atoms with Gasteiger partial charge in [-0.2, -0.15) is 8.78 Å². The van der Waals surface area contributed by atoms with Crippen molar-refractivity contribution in [1.82, 2.24) is 5.32 Å². The highest BCUT2D eigenvalue weighted by Crippen LogP contribution is 2.40. The molecule has 0 aliphatic rings. The average molecular weight is 312 g/mol. The second-order valence-corrected chi connectivity index (χ2v) is 5.23. The fourth-order valence-corrected chi connectivity index (χ4v) is 2.22. The minimum Gasteiger partial charge on any atom is -0.305 e. The largest absolute Gasteiger partial charge is 0.326 e. The molecule has 0 aromatic heterocycles. The summed E-state index contributed by atoms with van der Waals surface area (Å²) in [6.07, 6.45) is -3.20. The van der Waals surface area contributed by atoms with Crippen molar-refractivity contribution in [1.29, 1.82) is 0 Å².